The second kappa shape index (κ2) is 9.02. The summed E-state index contributed by atoms with van der Waals surface area (Å²) in [5, 5.41) is 0. The maximum Gasteiger partial charge on any atom is 0.256 e. The molecule has 5 rings (SSSR count). The van der Waals surface area contributed by atoms with Gasteiger partial charge in [-0.25, -0.2) is 4.39 Å². The normalized spacial score (nSPS) is 17.9. The summed E-state index contributed by atoms with van der Waals surface area (Å²) in [5.74, 6) is -0.449. The quantitative estimate of drug-likeness (QED) is 0.603. The van der Waals surface area contributed by atoms with E-state index < -0.39 is 6.04 Å². The van der Waals surface area contributed by atoms with Crippen LogP contribution in [0, 0.1) is 5.82 Å². The topological polar surface area (TPSA) is 56.8 Å². The zero-order chi connectivity index (χ0) is 22.8. The molecule has 7 heteroatoms. The van der Waals surface area contributed by atoms with Crippen LogP contribution < -0.4 is 4.90 Å². The zero-order valence-corrected chi connectivity index (χ0v) is 18.2. The van der Waals surface area contributed by atoms with E-state index in [4.69, 9.17) is 0 Å². The van der Waals surface area contributed by atoms with Crippen LogP contribution in [-0.4, -0.2) is 52.8 Å². The molecule has 0 bridgehead atoms. The van der Waals surface area contributed by atoms with Crippen LogP contribution in [0.25, 0.3) is 0 Å². The van der Waals surface area contributed by atoms with Crippen molar-refractivity contribution in [2.45, 2.75) is 19.0 Å². The van der Waals surface area contributed by atoms with Crippen LogP contribution in [0.15, 0.2) is 72.9 Å². The van der Waals surface area contributed by atoms with Crippen LogP contribution in [0.4, 0.5) is 10.1 Å². The van der Waals surface area contributed by atoms with Crippen molar-refractivity contribution in [2.24, 2.45) is 0 Å². The monoisotopic (exact) mass is 444 g/mol. The second-order valence-electron chi connectivity index (χ2n) is 8.42. The maximum atomic E-state index is 13.3. The average Bonchev–Trinajstić information content (AvgIpc) is 3.12. The summed E-state index contributed by atoms with van der Waals surface area (Å²) < 4.78 is 13.3. The van der Waals surface area contributed by atoms with E-state index in [1.165, 1.54) is 12.1 Å². The Balaban J connectivity index is 1.30. The Labute approximate surface area is 192 Å². The van der Waals surface area contributed by atoms with Gasteiger partial charge in [0, 0.05) is 44.6 Å². The maximum absolute atomic E-state index is 13.3. The third kappa shape index (κ3) is 4.31. The Kier molecular flexibility index (Phi) is 5.77. The number of carbonyl (C=O) groups excluding carboxylic acids is 2. The number of pyridine rings is 1. The number of carbonyl (C=O) groups is 2. The summed E-state index contributed by atoms with van der Waals surface area (Å²) in [6, 6.07) is 19.4. The Bertz CT molecular complexity index is 1140. The van der Waals surface area contributed by atoms with Crippen molar-refractivity contribution < 1.29 is 14.0 Å². The highest BCUT2D eigenvalue weighted by Gasteiger charge is 2.39. The van der Waals surface area contributed by atoms with Crippen LogP contribution in [0.1, 0.15) is 34.1 Å². The first kappa shape index (κ1) is 21.1. The molecule has 0 unspecified atom stereocenters. The first-order chi connectivity index (χ1) is 16.1. The fourth-order valence-electron chi connectivity index (χ4n) is 4.63. The molecule has 0 radical (unpaired) electrons. The number of amides is 2. The number of piperazine rings is 1. The molecular formula is C26H25FN4O2. The Morgan fingerprint density at radius 3 is 2.39 bits per heavy atom. The van der Waals surface area contributed by atoms with E-state index in [9.17, 15) is 14.0 Å². The molecule has 0 N–H and O–H groups in total. The molecule has 1 saturated heterocycles. The molecule has 2 amide bonds. The number of rotatable bonds is 5. The van der Waals surface area contributed by atoms with Crippen molar-refractivity contribution in [2.75, 3.05) is 31.1 Å². The molecular weight excluding hydrogens is 419 g/mol. The summed E-state index contributed by atoms with van der Waals surface area (Å²) >= 11 is 0. The third-order valence-electron chi connectivity index (χ3n) is 6.41. The highest BCUT2D eigenvalue weighted by molar-refractivity contribution is 5.99. The summed E-state index contributed by atoms with van der Waals surface area (Å²) in [4.78, 5) is 36.6. The lowest BCUT2D eigenvalue weighted by Crippen LogP contribution is -2.49. The molecule has 1 fully saturated rings. The first-order valence-corrected chi connectivity index (χ1v) is 11.2. The van der Waals surface area contributed by atoms with Crippen LogP contribution in [0.3, 0.4) is 0 Å². The van der Waals surface area contributed by atoms with Gasteiger partial charge >= 0.3 is 0 Å². The molecule has 0 aliphatic carbocycles. The van der Waals surface area contributed by atoms with Gasteiger partial charge in [0.1, 0.15) is 5.82 Å². The molecule has 2 aliphatic heterocycles. The fraction of sp³-hybridized carbons (Fsp3) is 0.269. The highest BCUT2D eigenvalue weighted by atomic mass is 19.1. The van der Waals surface area contributed by atoms with Crippen molar-refractivity contribution in [3.63, 3.8) is 0 Å². The van der Waals surface area contributed by atoms with Gasteiger partial charge in [-0.15, -0.1) is 0 Å². The van der Waals surface area contributed by atoms with Gasteiger partial charge < -0.3 is 14.7 Å². The molecule has 168 valence electrons. The molecule has 33 heavy (non-hydrogen) atoms. The van der Waals surface area contributed by atoms with Crippen LogP contribution in [0.2, 0.25) is 0 Å². The number of nitrogens with zero attached hydrogens (tertiary/aromatic N) is 4. The van der Waals surface area contributed by atoms with Crippen molar-refractivity contribution >= 4 is 17.5 Å². The van der Waals surface area contributed by atoms with E-state index in [-0.39, 0.29) is 24.1 Å². The van der Waals surface area contributed by atoms with E-state index in [1.807, 2.05) is 23.1 Å². The third-order valence-corrected chi connectivity index (χ3v) is 6.41. The standard InChI is InChI=1S/C26H25FN4O2/c27-20-10-8-19(9-11-20)18-31-23(25-22(26(31)33)7-4-12-28-25)17-24(32)30-15-13-29(14-16-30)21-5-2-1-3-6-21/h1-12,23H,13-18H2/t23-/m1/s1. The van der Waals surface area contributed by atoms with E-state index >= 15 is 0 Å². The lowest BCUT2D eigenvalue weighted by molar-refractivity contribution is -0.132. The number of benzene rings is 2. The first-order valence-electron chi connectivity index (χ1n) is 11.2. The predicted molar refractivity (Wildman–Crippen MR) is 123 cm³/mol. The molecule has 2 aliphatic rings. The van der Waals surface area contributed by atoms with E-state index in [1.54, 1.807) is 35.4 Å². The molecule has 1 aromatic heterocycles. The molecule has 0 saturated carbocycles. The van der Waals surface area contributed by atoms with Crippen molar-refractivity contribution in [1.82, 2.24) is 14.8 Å². The molecule has 1 atom stereocenters. The molecule has 2 aromatic carbocycles. The minimum Gasteiger partial charge on any atom is -0.368 e. The number of fused-ring (bicyclic) bond motifs is 1. The number of para-hydroxylation sites is 1. The van der Waals surface area contributed by atoms with Crippen molar-refractivity contribution in [1.29, 1.82) is 0 Å². The van der Waals surface area contributed by atoms with Gasteiger partial charge in [0.25, 0.3) is 5.91 Å². The number of hydrogen-bond acceptors (Lipinski definition) is 4. The van der Waals surface area contributed by atoms with E-state index in [0.717, 1.165) is 24.3 Å². The van der Waals surface area contributed by atoms with Crippen molar-refractivity contribution in [3.8, 4) is 0 Å². The minimum atomic E-state index is -0.432. The lowest BCUT2D eigenvalue weighted by atomic mass is 10.1. The van der Waals surface area contributed by atoms with Gasteiger partial charge in [0.15, 0.2) is 0 Å². The summed E-state index contributed by atoms with van der Waals surface area (Å²) in [5.41, 5.74) is 3.15. The SMILES string of the molecule is O=C(C[C@@H]1c2ncccc2C(=O)N1Cc1ccc(F)cc1)N1CCN(c2ccccc2)CC1. The average molecular weight is 445 g/mol. The summed E-state index contributed by atoms with van der Waals surface area (Å²) in [6.07, 6.45) is 1.84. The Morgan fingerprint density at radius 1 is 0.939 bits per heavy atom. The van der Waals surface area contributed by atoms with Gasteiger partial charge in [0.05, 0.1) is 23.7 Å². The molecule has 3 heterocycles. The van der Waals surface area contributed by atoms with E-state index in [0.29, 0.717) is 30.9 Å². The lowest BCUT2D eigenvalue weighted by Gasteiger charge is -2.37. The fourth-order valence-corrected chi connectivity index (χ4v) is 4.63. The Morgan fingerprint density at radius 2 is 1.67 bits per heavy atom. The summed E-state index contributed by atoms with van der Waals surface area (Å²) in [7, 11) is 0. The van der Waals surface area contributed by atoms with Crippen LogP contribution >= 0.6 is 0 Å². The predicted octanol–water partition coefficient (Wildman–Crippen LogP) is 3.66. The van der Waals surface area contributed by atoms with E-state index in [2.05, 4.69) is 22.0 Å². The number of aromatic nitrogens is 1. The van der Waals surface area contributed by atoms with Gasteiger partial charge in [-0.1, -0.05) is 30.3 Å². The zero-order valence-electron chi connectivity index (χ0n) is 18.2. The van der Waals surface area contributed by atoms with Gasteiger partial charge in [-0.2, -0.15) is 0 Å². The largest absolute Gasteiger partial charge is 0.368 e. The molecule has 6 nitrogen and oxygen atoms in total. The van der Waals surface area contributed by atoms with Crippen molar-refractivity contribution in [3.05, 3.63) is 95.6 Å². The number of anilines is 1. The van der Waals surface area contributed by atoms with Gasteiger partial charge in [0.2, 0.25) is 5.91 Å². The molecule has 0 spiro atoms. The summed E-state index contributed by atoms with van der Waals surface area (Å²) in [6.45, 7) is 3.12. The van der Waals surface area contributed by atoms with Crippen LogP contribution in [0.5, 0.6) is 0 Å². The van der Waals surface area contributed by atoms with Gasteiger partial charge in [-0.05, 0) is 42.0 Å². The second-order valence-corrected chi connectivity index (χ2v) is 8.42. The smallest absolute Gasteiger partial charge is 0.256 e. The number of halogens is 1. The van der Waals surface area contributed by atoms with Gasteiger partial charge in [-0.3, -0.25) is 14.6 Å². The number of hydrogen-bond donors (Lipinski definition) is 0. The van der Waals surface area contributed by atoms with Crippen LogP contribution in [-0.2, 0) is 11.3 Å². The molecule has 3 aromatic rings. The highest BCUT2D eigenvalue weighted by Crippen LogP contribution is 2.36. The Hall–Kier alpha value is -3.74. The minimum absolute atomic E-state index is 0.0168.